The molecule has 7 heteroatoms. The van der Waals surface area contributed by atoms with Crippen molar-refractivity contribution >= 4 is 24.3 Å². The van der Waals surface area contributed by atoms with E-state index >= 15 is 0 Å². The van der Waals surface area contributed by atoms with Crippen molar-refractivity contribution in [3.63, 3.8) is 0 Å². The van der Waals surface area contributed by atoms with Gasteiger partial charge >= 0.3 is 5.97 Å². The third-order valence-electron chi connectivity index (χ3n) is 4.66. The number of halogens is 2. The highest BCUT2D eigenvalue weighted by atomic mass is 35.5. The number of hydrogen-bond donors (Lipinski definition) is 3. The van der Waals surface area contributed by atoms with Crippen LogP contribution in [0.3, 0.4) is 0 Å². The summed E-state index contributed by atoms with van der Waals surface area (Å²) in [6, 6.07) is 11.4. The maximum absolute atomic E-state index is 13.8. The first-order valence-corrected chi connectivity index (χ1v) is 8.54. The van der Waals surface area contributed by atoms with Crippen LogP contribution in [0, 0.1) is 12.7 Å². The number of rotatable bonds is 5. The van der Waals surface area contributed by atoms with Crippen LogP contribution >= 0.6 is 12.4 Å². The van der Waals surface area contributed by atoms with Crippen molar-refractivity contribution in [2.45, 2.75) is 31.8 Å². The standard InChI is InChI=1S/C20H21FN2O3.ClH/c1-12-6-7-13(9-17(12)21)8-14-4-2-3-5-16(14)19(24)23-15-10-18(20(25)26)22-11-15;/h2-7,9,15,18,22H,8,10-11H2,1H3,(H,23,24)(H,25,26);1H/t15-,18-;/m0./s1. The quantitative estimate of drug-likeness (QED) is 0.731. The number of carbonyl (C=O) groups is 2. The zero-order valence-corrected chi connectivity index (χ0v) is 15.7. The van der Waals surface area contributed by atoms with E-state index in [-0.39, 0.29) is 30.2 Å². The van der Waals surface area contributed by atoms with Gasteiger partial charge in [-0.15, -0.1) is 12.4 Å². The van der Waals surface area contributed by atoms with Crippen LogP contribution in [0.2, 0.25) is 0 Å². The van der Waals surface area contributed by atoms with Gasteiger partial charge in [0, 0.05) is 18.2 Å². The second-order valence-corrected chi connectivity index (χ2v) is 6.62. The average Bonchev–Trinajstić information content (AvgIpc) is 3.07. The van der Waals surface area contributed by atoms with E-state index in [2.05, 4.69) is 10.6 Å². The van der Waals surface area contributed by atoms with Crippen molar-refractivity contribution in [2.75, 3.05) is 6.54 Å². The summed E-state index contributed by atoms with van der Waals surface area (Å²) in [7, 11) is 0. The number of benzene rings is 2. The maximum Gasteiger partial charge on any atom is 0.320 e. The highest BCUT2D eigenvalue weighted by Gasteiger charge is 2.30. The fraction of sp³-hybridized carbons (Fsp3) is 0.300. The Labute approximate surface area is 163 Å². The molecule has 2 aromatic carbocycles. The molecule has 1 saturated heterocycles. The molecule has 1 fully saturated rings. The smallest absolute Gasteiger partial charge is 0.320 e. The van der Waals surface area contributed by atoms with E-state index in [9.17, 15) is 14.0 Å². The van der Waals surface area contributed by atoms with Gasteiger partial charge in [0.05, 0.1) is 0 Å². The first kappa shape index (κ1) is 20.9. The Morgan fingerprint density at radius 3 is 2.67 bits per heavy atom. The Hall–Kier alpha value is -2.44. The molecule has 1 aliphatic heterocycles. The van der Waals surface area contributed by atoms with Crippen molar-refractivity contribution in [1.29, 1.82) is 0 Å². The normalized spacial score (nSPS) is 18.6. The molecular formula is C20H22ClFN2O3. The molecule has 0 saturated carbocycles. The van der Waals surface area contributed by atoms with Gasteiger partial charge in [0.1, 0.15) is 11.9 Å². The number of aryl methyl sites for hydroxylation is 1. The van der Waals surface area contributed by atoms with E-state index in [4.69, 9.17) is 5.11 Å². The Balaban J connectivity index is 0.00000261. The SMILES string of the molecule is Cc1ccc(Cc2ccccc2C(=O)N[C@@H]2CN[C@H](C(=O)O)C2)cc1F.Cl. The van der Waals surface area contributed by atoms with Gasteiger partial charge in [0.15, 0.2) is 0 Å². The number of nitrogens with one attached hydrogen (secondary N) is 2. The van der Waals surface area contributed by atoms with Gasteiger partial charge in [0.25, 0.3) is 5.91 Å². The summed E-state index contributed by atoms with van der Waals surface area (Å²) < 4.78 is 13.8. The van der Waals surface area contributed by atoms with Crippen LogP contribution in [0.15, 0.2) is 42.5 Å². The number of carboxylic acid groups (broad SMARTS) is 1. The average molecular weight is 393 g/mol. The number of amides is 1. The van der Waals surface area contributed by atoms with E-state index in [1.54, 1.807) is 25.1 Å². The fourth-order valence-electron chi connectivity index (χ4n) is 3.16. The van der Waals surface area contributed by atoms with Crippen molar-refractivity contribution in [3.8, 4) is 0 Å². The lowest BCUT2D eigenvalue weighted by Gasteiger charge is -2.14. The number of aliphatic carboxylic acids is 1. The van der Waals surface area contributed by atoms with Gasteiger partial charge in [-0.25, -0.2) is 4.39 Å². The number of carboxylic acids is 1. The van der Waals surface area contributed by atoms with E-state index in [1.807, 2.05) is 18.2 Å². The van der Waals surface area contributed by atoms with Crippen molar-refractivity contribution in [2.24, 2.45) is 0 Å². The molecule has 3 N–H and O–H groups in total. The van der Waals surface area contributed by atoms with Crippen LogP contribution in [-0.2, 0) is 11.2 Å². The molecule has 1 aliphatic rings. The molecule has 3 rings (SSSR count). The first-order chi connectivity index (χ1) is 12.4. The Bertz CT molecular complexity index is 844. The molecule has 0 aromatic heterocycles. The second kappa shape index (κ2) is 8.97. The predicted octanol–water partition coefficient (Wildman–Crippen LogP) is 2.69. The summed E-state index contributed by atoms with van der Waals surface area (Å²) in [4.78, 5) is 23.7. The summed E-state index contributed by atoms with van der Waals surface area (Å²) >= 11 is 0. The molecule has 144 valence electrons. The Kier molecular flexibility index (Phi) is 6.93. The second-order valence-electron chi connectivity index (χ2n) is 6.62. The van der Waals surface area contributed by atoms with Crippen molar-refractivity contribution in [1.82, 2.24) is 10.6 Å². The van der Waals surface area contributed by atoms with Gasteiger partial charge in [-0.1, -0.05) is 30.3 Å². The van der Waals surface area contributed by atoms with E-state index in [1.165, 1.54) is 6.07 Å². The summed E-state index contributed by atoms with van der Waals surface area (Å²) in [6.07, 6.45) is 0.799. The molecule has 1 amide bonds. The van der Waals surface area contributed by atoms with Gasteiger partial charge in [0.2, 0.25) is 0 Å². The van der Waals surface area contributed by atoms with E-state index in [0.29, 0.717) is 30.5 Å². The lowest BCUT2D eigenvalue weighted by Crippen LogP contribution is -2.36. The van der Waals surface area contributed by atoms with E-state index < -0.39 is 12.0 Å². The van der Waals surface area contributed by atoms with Crippen molar-refractivity contribution < 1.29 is 19.1 Å². The molecule has 2 aromatic rings. The third-order valence-corrected chi connectivity index (χ3v) is 4.66. The predicted molar refractivity (Wildman–Crippen MR) is 103 cm³/mol. The Morgan fingerprint density at radius 2 is 2.00 bits per heavy atom. The minimum Gasteiger partial charge on any atom is -0.480 e. The molecule has 0 bridgehead atoms. The molecule has 0 spiro atoms. The minimum absolute atomic E-state index is 0. The molecule has 1 heterocycles. The van der Waals surface area contributed by atoms with Gasteiger partial charge in [-0.05, 0) is 48.6 Å². The lowest BCUT2D eigenvalue weighted by molar-refractivity contribution is -0.139. The number of hydrogen-bond acceptors (Lipinski definition) is 3. The van der Waals surface area contributed by atoms with Gasteiger partial charge in [-0.2, -0.15) is 0 Å². The number of carbonyl (C=O) groups excluding carboxylic acids is 1. The lowest BCUT2D eigenvalue weighted by atomic mass is 9.98. The summed E-state index contributed by atoms with van der Waals surface area (Å²) in [5.41, 5.74) is 2.70. The van der Waals surface area contributed by atoms with Crippen LogP contribution < -0.4 is 10.6 Å². The molecule has 0 unspecified atom stereocenters. The molecule has 0 aliphatic carbocycles. The van der Waals surface area contributed by atoms with Crippen LogP contribution in [0.4, 0.5) is 4.39 Å². The largest absolute Gasteiger partial charge is 0.480 e. The monoisotopic (exact) mass is 392 g/mol. The van der Waals surface area contributed by atoms with Crippen LogP contribution in [0.25, 0.3) is 0 Å². The summed E-state index contributed by atoms with van der Waals surface area (Å²) in [5.74, 6) is -1.42. The summed E-state index contributed by atoms with van der Waals surface area (Å²) in [6.45, 7) is 2.13. The van der Waals surface area contributed by atoms with Gasteiger partial charge < -0.3 is 15.7 Å². The van der Waals surface area contributed by atoms with Crippen LogP contribution in [-0.4, -0.2) is 35.6 Å². The van der Waals surface area contributed by atoms with Crippen molar-refractivity contribution in [3.05, 3.63) is 70.5 Å². The first-order valence-electron chi connectivity index (χ1n) is 8.54. The minimum atomic E-state index is -0.913. The molecule has 5 nitrogen and oxygen atoms in total. The highest BCUT2D eigenvalue weighted by Crippen LogP contribution is 2.18. The molecule has 0 radical (unpaired) electrons. The van der Waals surface area contributed by atoms with Gasteiger partial charge in [-0.3, -0.25) is 9.59 Å². The summed E-state index contributed by atoms with van der Waals surface area (Å²) in [5, 5.41) is 14.8. The zero-order chi connectivity index (χ0) is 18.7. The Morgan fingerprint density at radius 1 is 1.26 bits per heavy atom. The van der Waals surface area contributed by atoms with Crippen LogP contribution in [0.5, 0.6) is 0 Å². The van der Waals surface area contributed by atoms with E-state index in [0.717, 1.165) is 11.1 Å². The molecule has 2 atom stereocenters. The zero-order valence-electron chi connectivity index (χ0n) is 14.9. The third kappa shape index (κ3) is 5.05. The topological polar surface area (TPSA) is 78.4 Å². The van der Waals surface area contributed by atoms with Crippen LogP contribution in [0.1, 0.15) is 33.5 Å². The maximum atomic E-state index is 13.8. The molecule has 27 heavy (non-hydrogen) atoms. The molecular weight excluding hydrogens is 371 g/mol. The highest BCUT2D eigenvalue weighted by molar-refractivity contribution is 5.96. The fourth-order valence-corrected chi connectivity index (χ4v) is 3.16.